The van der Waals surface area contributed by atoms with Gasteiger partial charge in [0.1, 0.15) is 0 Å². The monoisotopic (exact) mass is 815 g/mol. The lowest BCUT2D eigenvalue weighted by Gasteiger charge is -2.30. The maximum absolute atomic E-state index is 5.84. The van der Waals surface area contributed by atoms with E-state index in [4.69, 9.17) is 9.98 Å². The molecular weight excluding hydrogens is 779 g/mol. The Morgan fingerprint density at radius 2 is 1.13 bits per heavy atom. The first kappa shape index (κ1) is 34.9. The van der Waals surface area contributed by atoms with Crippen LogP contribution in [0.1, 0.15) is 36.1 Å². The number of para-hydroxylation sites is 1. The van der Waals surface area contributed by atoms with Crippen molar-refractivity contribution < 1.29 is 0 Å². The molecular formula is C56H37N3S2. The van der Waals surface area contributed by atoms with Crippen molar-refractivity contribution in [1.82, 2.24) is 4.57 Å². The highest BCUT2D eigenvalue weighted by Gasteiger charge is 2.34. The van der Waals surface area contributed by atoms with Gasteiger partial charge in [-0.15, -0.1) is 22.7 Å². The zero-order chi connectivity index (χ0) is 40.2. The molecule has 0 bridgehead atoms. The molecule has 0 spiro atoms. The second kappa shape index (κ2) is 13.5. The molecule has 0 N–H and O–H groups in total. The molecule has 4 heterocycles. The average Bonchev–Trinajstić information content (AvgIpc) is 3.99. The lowest BCUT2D eigenvalue weighted by Crippen LogP contribution is -2.28. The Balaban J connectivity index is 1.12. The summed E-state index contributed by atoms with van der Waals surface area (Å²) in [4.78, 5) is 11.6. The summed E-state index contributed by atoms with van der Waals surface area (Å²) >= 11 is 3.71. The van der Waals surface area contributed by atoms with Crippen LogP contribution >= 0.6 is 22.7 Å². The van der Waals surface area contributed by atoms with Crippen molar-refractivity contribution in [3.63, 3.8) is 0 Å². The van der Waals surface area contributed by atoms with Crippen molar-refractivity contribution in [3.05, 3.63) is 199 Å². The van der Waals surface area contributed by atoms with Crippen molar-refractivity contribution >= 4 is 118 Å². The number of benzene rings is 9. The molecule has 0 saturated heterocycles. The minimum absolute atomic E-state index is 0.0728. The summed E-state index contributed by atoms with van der Waals surface area (Å²) < 4.78 is 7.56. The lowest BCUT2D eigenvalue weighted by molar-refractivity contribution is 0.533. The summed E-state index contributed by atoms with van der Waals surface area (Å²) in [5, 5.41) is 12.5. The quantitative estimate of drug-likeness (QED) is 0.166. The van der Waals surface area contributed by atoms with Gasteiger partial charge < -0.3 is 4.57 Å². The van der Waals surface area contributed by atoms with E-state index in [0.29, 0.717) is 0 Å². The number of aromatic nitrogens is 1. The van der Waals surface area contributed by atoms with Gasteiger partial charge in [0.15, 0.2) is 5.84 Å². The highest BCUT2D eigenvalue weighted by Crippen LogP contribution is 2.45. The maximum atomic E-state index is 5.84. The first-order valence-electron chi connectivity index (χ1n) is 21.1. The topological polar surface area (TPSA) is 29.6 Å². The standard InChI is InChI=1S/C56H37N3S2/c1-2-38-53(36-26-27-52-45(29-36)41-20-8-11-24-50(41)60-52)57-56(58-54(38)43-22-13-17-33-14-5-6-18-39(33)43)47-32-37(31-46-42-21-9-12-25-51(42)61-55(46)47)59-48-23-10-7-19-40(48)44-28-34-15-3-4-16-35(34)30-49(44)59/h3-32,38,53H,2H2,1H3. The van der Waals surface area contributed by atoms with Crippen LogP contribution in [0.3, 0.4) is 0 Å². The minimum Gasteiger partial charge on any atom is -0.309 e. The molecule has 3 aromatic heterocycles. The Labute approximate surface area is 360 Å². The lowest BCUT2D eigenvalue weighted by atomic mass is 9.81. The van der Waals surface area contributed by atoms with Crippen molar-refractivity contribution in [3.8, 4) is 5.69 Å². The number of thiophene rings is 2. The van der Waals surface area contributed by atoms with E-state index in [9.17, 15) is 0 Å². The van der Waals surface area contributed by atoms with Crippen LogP contribution in [0.5, 0.6) is 0 Å². The van der Waals surface area contributed by atoms with Gasteiger partial charge in [0.2, 0.25) is 0 Å². The minimum atomic E-state index is -0.137. The second-order valence-corrected chi connectivity index (χ2v) is 18.5. The Morgan fingerprint density at radius 1 is 0.475 bits per heavy atom. The summed E-state index contributed by atoms with van der Waals surface area (Å²) in [6.45, 7) is 2.30. The van der Waals surface area contributed by atoms with Gasteiger partial charge in [-0.05, 0) is 88.1 Å². The van der Waals surface area contributed by atoms with Gasteiger partial charge in [0, 0.05) is 73.8 Å². The average molecular weight is 816 g/mol. The van der Waals surface area contributed by atoms with Gasteiger partial charge in [0.25, 0.3) is 0 Å². The highest BCUT2D eigenvalue weighted by atomic mass is 32.1. The molecule has 0 amide bonds. The molecule has 1 aliphatic heterocycles. The van der Waals surface area contributed by atoms with E-state index < -0.39 is 0 Å². The molecule has 12 aromatic rings. The number of hydrogen-bond donors (Lipinski definition) is 0. The fourth-order valence-electron chi connectivity index (χ4n) is 10.1. The zero-order valence-corrected chi connectivity index (χ0v) is 35.0. The molecule has 9 aromatic carbocycles. The van der Waals surface area contributed by atoms with Crippen LogP contribution < -0.4 is 0 Å². The molecule has 3 nitrogen and oxygen atoms in total. The number of amidine groups is 1. The largest absolute Gasteiger partial charge is 0.309 e. The van der Waals surface area contributed by atoms with Crippen LogP contribution in [-0.4, -0.2) is 16.1 Å². The number of fused-ring (bicyclic) bond motifs is 11. The van der Waals surface area contributed by atoms with Gasteiger partial charge in [-0.1, -0.05) is 134 Å². The molecule has 5 heteroatoms. The summed E-state index contributed by atoms with van der Waals surface area (Å²) in [5.74, 6) is 0.862. The number of nitrogens with zero attached hydrogens (tertiary/aromatic N) is 3. The Bertz CT molecular complexity index is 3840. The smallest absolute Gasteiger partial charge is 0.157 e. The van der Waals surface area contributed by atoms with E-state index in [2.05, 4.69) is 193 Å². The fourth-order valence-corrected chi connectivity index (χ4v) is 12.4. The van der Waals surface area contributed by atoms with Gasteiger partial charge in [-0.3, -0.25) is 4.99 Å². The molecule has 2 atom stereocenters. The van der Waals surface area contributed by atoms with Crippen LogP contribution in [0.4, 0.5) is 0 Å². The molecule has 0 fully saturated rings. The summed E-state index contributed by atoms with van der Waals surface area (Å²) in [6.07, 6.45) is 0.902. The molecule has 0 radical (unpaired) electrons. The zero-order valence-electron chi connectivity index (χ0n) is 33.3. The van der Waals surface area contributed by atoms with Gasteiger partial charge in [0.05, 0.1) is 22.8 Å². The van der Waals surface area contributed by atoms with Crippen molar-refractivity contribution in [1.29, 1.82) is 0 Å². The van der Waals surface area contributed by atoms with Crippen molar-refractivity contribution in [2.24, 2.45) is 15.9 Å². The number of hydrogen-bond acceptors (Lipinski definition) is 4. The SMILES string of the molecule is CCC1C(c2cccc3ccccc23)=NC(c2cc(-n3c4ccccc4c4cc5ccccc5cc43)cc3c2sc2ccccc23)=NC1c1ccc2sc3ccccc3c2c1. The van der Waals surface area contributed by atoms with Crippen LogP contribution in [0.15, 0.2) is 192 Å². The van der Waals surface area contributed by atoms with E-state index in [1.165, 1.54) is 94.8 Å². The van der Waals surface area contributed by atoms with Gasteiger partial charge >= 0.3 is 0 Å². The van der Waals surface area contributed by atoms with E-state index >= 15 is 0 Å². The first-order chi connectivity index (χ1) is 30.2. The normalized spacial score (nSPS) is 15.9. The molecule has 61 heavy (non-hydrogen) atoms. The predicted octanol–water partition coefficient (Wildman–Crippen LogP) is 15.8. The Hall–Kier alpha value is -6.92. The summed E-state index contributed by atoms with van der Waals surface area (Å²) in [7, 11) is 0. The van der Waals surface area contributed by atoms with Gasteiger partial charge in [-0.25, -0.2) is 4.99 Å². The van der Waals surface area contributed by atoms with E-state index in [-0.39, 0.29) is 12.0 Å². The van der Waals surface area contributed by atoms with Crippen LogP contribution in [0.25, 0.3) is 89.4 Å². The third-order valence-corrected chi connectivity index (χ3v) is 15.3. The fraction of sp³-hybridized carbons (Fsp3) is 0.0714. The van der Waals surface area contributed by atoms with Crippen molar-refractivity contribution in [2.45, 2.75) is 19.4 Å². The third kappa shape index (κ3) is 5.34. The van der Waals surface area contributed by atoms with Crippen LogP contribution in [-0.2, 0) is 0 Å². The highest BCUT2D eigenvalue weighted by molar-refractivity contribution is 7.26. The number of aliphatic imine (C=N–C) groups is 2. The third-order valence-electron chi connectivity index (χ3n) is 13.0. The van der Waals surface area contributed by atoms with E-state index in [1.54, 1.807) is 0 Å². The molecule has 13 rings (SSSR count). The molecule has 288 valence electrons. The van der Waals surface area contributed by atoms with Gasteiger partial charge in [-0.2, -0.15) is 0 Å². The number of rotatable bonds is 5. The Morgan fingerprint density at radius 3 is 1.95 bits per heavy atom. The van der Waals surface area contributed by atoms with Crippen LogP contribution in [0, 0.1) is 5.92 Å². The Kier molecular flexibility index (Phi) is 7.75. The summed E-state index contributed by atoms with van der Waals surface area (Å²) in [5.41, 5.74) is 8.07. The molecule has 2 unspecified atom stereocenters. The van der Waals surface area contributed by atoms with Crippen molar-refractivity contribution in [2.75, 3.05) is 0 Å². The maximum Gasteiger partial charge on any atom is 0.157 e. The first-order valence-corrected chi connectivity index (χ1v) is 22.8. The molecule has 0 saturated carbocycles. The van der Waals surface area contributed by atoms with E-state index in [0.717, 1.165) is 29.2 Å². The molecule has 0 aliphatic carbocycles. The van der Waals surface area contributed by atoms with E-state index in [1.807, 2.05) is 22.7 Å². The predicted molar refractivity (Wildman–Crippen MR) is 264 cm³/mol. The second-order valence-electron chi connectivity index (χ2n) is 16.3. The van der Waals surface area contributed by atoms with Crippen LogP contribution in [0.2, 0.25) is 0 Å². The molecule has 1 aliphatic rings. The summed E-state index contributed by atoms with van der Waals surface area (Å²) in [6, 6.07) is 67.0.